The van der Waals surface area contributed by atoms with Crippen LogP contribution >= 0.6 is 11.3 Å². The summed E-state index contributed by atoms with van der Waals surface area (Å²) >= 11 is 1.73. The lowest BCUT2D eigenvalue weighted by Crippen LogP contribution is -2.18. The second kappa shape index (κ2) is 5.31. The zero-order chi connectivity index (χ0) is 13.2. The maximum absolute atomic E-state index is 5.73. The number of hydrogen-bond donors (Lipinski definition) is 1. The molecule has 0 saturated carbocycles. The second-order valence-electron chi connectivity index (χ2n) is 4.79. The van der Waals surface area contributed by atoms with E-state index in [-0.39, 0.29) is 0 Å². The average molecular weight is 274 g/mol. The Morgan fingerprint density at radius 3 is 3.16 bits per heavy atom. The molecule has 3 nitrogen and oxygen atoms in total. The standard InChI is InChI=1S/C15H18N2OS/c1-3-16-10(2)13-9-19-15(17-13)12-8-18-14-7-5-4-6-11(12)14/h4-7,9-10,12,16H,3,8H2,1-2H3. The summed E-state index contributed by atoms with van der Waals surface area (Å²) in [5.41, 5.74) is 2.39. The lowest BCUT2D eigenvalue weighted by molar-refractivity contribution is 0.342. The Morgan fingerprint density at radius 1 is 1.47 bits per heavy atom. The van der Waals surface area contributed by atoms with Crippen LogP contribution in [0.5, 0.6) is 5.75 Å². The number of para-hydroxylation sites is 1. The topological polar surface area (TPSA) is 34.1 Å². The Hall–Kier alpha value is -1.39. The summed E-state index contributed by atoms with van der Waals surface area (Å²) in [7, 11) is 0. The van der Waals surface area contributed by atoms with Crippen LogP contribution in [0.15, 0.2) is 29.6 Å². The number of rotatable bonds is 4. The van der Waals surface area contributed by atoms with E-state index in [1.165, 1.54) is 5.56 Å². The summed E-state index contributed by atoms with van der Waals surface area (Å²) in [6.07, 6.45) is 0. The van der Waals surface area contributed by atoms with Gasteiger partial charge in [0.25, 0.3) is 0 Å². The van der Waals surface area contributed by atoms with E-state index in [1.807, 2.05) is 12.1 Å². The van der Waals surface area contributed by atoms with Crippen LogP contribution < -0.4 is 10.1 Å². The number of benzene rings is 1. The molecule has 0 saturated heterocycles. The molecule has 2 aromatic rings. The first-order valence-corrected chi connectivity index (χ1v) is 7.58. The van der Waals surface area contributed by atoms with E-state index in [1.54, 1.807) is 11.3 Å². The van der Waals surface area contributed by atoms with E-state index in [2.05, 4.69) is 36.7 Å². The summed E-state index contributed by atoms with van der Waals surface area (Å²) < 4.78 is 5.73. The Bertz CT molecular complexity index is 567. The summed E-state index contributed by atoms with van der Waals surface area (Å²) in [6.45, 7) is 5.94. The van der Waals surface area contributed by atoms with Crippen LogP contribution in [0.2, 0.25) is 0 Å². The molecule has 2 unspecified atom stereocenters. The van der Waals surface area contributed by atoms with Gasteiger partial charge in [-0.15, -0.1) is 11.3 Å². The summed E-state index contributed by atoms with van der Waals surface area (Å²) in [4.78, 5) is 4.79. The van der Waals surface area contributed by atoms with Gasteiger partial charge >= 0.3 is 0 Å². The molecule has 1 N–H and O–H groups in total. The molecule has 2 heterocycles. The molecule has 0 bridgehead atoms. The van der Waals surface area contributed by atoms with Gasteiger partial charge in [-0.2, -0.15) is 0 Å². The van der Waals surface area contributed by atoms with Gasteiger partial charge in [-0.05, 0) is 19.5 Å². The first-order valence-electron chi connectivity index (χ1n) is 6.70. The number of nitrogens with zero attached hydrogens (tertiary/aromatic N) is 1. The lowest BCUT2D eigenvalue weighted by atomic mass is 10.0. The summed E-state index contributed by atoms with van der Waals surface area (Å²) in [6, 6.07) is 8.57. The molecule has 0 amide bonds. The predicted octanol–water partition coefficient (Wildman–Crippen LogP) is 3.34. The molecule has 0 spiro atoms. The Morgan fingerprint density at radius 2 is 2.32 bits per heavy atom. The number of nitrogens with one attached hydrogen (secondary N) is 1. The molecule has 2 atom stereocenters. The van der Waals surface area contributed by atoms with Crippen molar-refractivity contribution in [3.63, 3.8) is 0 Å². The maximum atomic E-state index is 5.73. The fraction of sp³-hybridized carbons (Fsp3) is 0.400. The molecule has 3 rings (SSSR count). The molecule has 1 aromatic carbocycles. The molecule has 1 aliphatic rings. The zero-order valence-corrected chi connectivity index (χ0v) is 12.0. The third-order valence-corrected chi connectivity index (χ3v) is 4.47. The zero-order valence-electron chi connectivity index (χ0n) is 11.2. The highest BCUT2D eigenvalue weighted by atomic mass is 32.1. The maximum Gasteiger partial charge on any atom is 0.123 e. The fourth-order valence-electron chi connectivity index (χ4n) is 2.44. The molecule has 4 heteroatoms. The molecule has 19 heavy (non-hydrogen) atoms. The van der Waals surface area contributed by atoms with Crippen molar-refractivity contribution in [2.75, 3.05) is 13.2 Å². The highest BCUT2D eigenvalue weighted by Gasteiger charge is 2.28. The molecular formula is C15H18N2OS. The van der Waals surface area contributed by atoms with Crippen molar-refractivity contribution in [1.82, 2.24) is 10.3 Å². The summed E-state index contributed by atoms with van der Waals surface area (Å²) in [5, 5.41) is 6.71. The van der Waals surface area contributed by atoms with Crippen molar-refractivity contribution in [3.05, 3.63) is 45.9 Å². The van der Waals surface area contributed by atoms with Gasteiger partial charge in [-0.1, -0.05) is 25.1 Å². The van der Waals surface area contributed by atoms with Crippen molar-refractivity contribution in [2.24, 2.45) is 0 Å². The van der Waals surface area contributed by atoms with Gasteiger partial charge in [0, 0.05) is 17.0 Å². The van der Waals surface area contributed by atoms with Crippen LogP contribution in [0, 0.1) is 0 Å². The summed E-state index contributed by atoms with van der Waals surface area (Å²) in [5.74, 6) is 1.30. The second-order valence-corrected chi connectivity index (χ2v) is 5.68. The van der Waals surface area contributed by atoms with Crippen LogP contribution in [-0.4, -0.2) is 18.1 Å². The van der Waals surface area contributed by atoms with E-state index < -0.39 is 0 Å². The first kappa shape index (κ1) is 12.6. The highest BCUT2D eigenvalue weighted by Crippen LogP contribution is 2.39. The molecular weight excluding hydrogens is 256 g/mol. The van der Waals surface area contributed by atoms with E-state index in [9.17, 15) is 0 Å². The Labute approximate surface area is 117 Å². The van der Waals surface area contributed by atoms with Crippen molar-refractivity contribution in [2.45, 2.75) is 25.8 Å². The normalized spacial score (nSPS) is 18.9. The van der Waals surface area contributed by atoms with Gasteiger partial charge in [0.2, 0.25) is 0 Å². The predicted molar refractivity (Wildman–Crippen MR) is 78.0 cm³/mol. The Balaban J connectivity index is 1.85. The number of thiazole rings is 1. The van der Waals surface area contributed by atoms with Gasteiger partial charge in [0.1, 0.15) is 17.4 Å². The number of fused-ring (bicyclic) bond motifs is 1. The van der Waals surface area contributed by atoms with Gasteiger partial charge < -0.3 is 10.1 Å². The SMILES string of the molecule is CCNC(C)c1csc(C2COc3ccccc32)n1. The molecule has 1 aliphatic heterocycles. The molecule has 0 radical (unpaired) electrons. The average Bonchev–Trinajstić information content (AvgIpc) is 3.05. The van der Waals surface area contributed by atoms with Crippen molar-refractivity contribution < 1.29 is 4.74 Å². The third kappa shape index (κ3) is 2.38. The van der Waals surface area contributed by atoms with E-state index in [0.717, 1.165) is 23.0 Å². The van der Waals surface area contributed by atoms with E-state index >= 15 is 0 Å². The van der Waals surface area contributed by atoms with Crippen molar-refractivity contribution in [3.8, 4) is 5.75 Å². The third-order valence-electron chi connectivity index (χ3n) is 3.49. The molecule has 0 aliphatic carbocycles. The van der Waals surface area contributed by atoms with Gasteiger partial charge in [-0.3, -0.25) is 0 Å². The number of aromatic nitrogens is 1. The van der Waals surface area contributed by atoms with Crippen molar-refractivity contribution in [1.29, 1.82) is 0 Å². The minimum absolute atomic E-state index is 0.295. The van der Waals surface area contributed by atoms with Crippen LogP contribution in [0.3, 0.4) is 0 Å². The quantitative estimate of drug-likeness (QED) is 0.928. The van der Waals surface area contributed by atoms with Crippen molar-refractivity contribution >= 4 is 11.3 Å². The largest absolute Gasteiger partial charge is 0.492 e. The van der Waals surface area contributed by atoms with E-state index in [4.69, 9.17) is 9.72 Å². The molecule has 0 fully saturated rings. The van der Waals surface area contributed by atoms with E-state index in [0.29, 0.717) is 18.6 Å². The monoisotopic (exact) mass is 274 g/mol. The lowest BCUT2D eigenvalue weighted by Gasteiger charge is -2.09. The molecule has 100 valence electrons. The minimum atomic E-state index is 0.295. The minimum Gasteiger partial charge on any atom is -0.492 e. The van der Waals surface area contributed by atoms with Crippen LogP contribution in [0.25, 0.3) is 0 Å². The van der Waals surface area contributed by atoms with Gasteiger partial charge in [0.15, 0.2) is 0 Å². The van der Waals surface area contributed by atoms with Crippen LogP contribution in [-0.2, 0) is 0 Å². The Kier molecular flexibility index (Phi) is 3.53. The highest BCUT2D eigenvalue weighted by molar-refractivity contribution is 7.09. The van der Waals surface area contributed by atoms with Gasteiger partial charge in [0.05, 0.1) is 11.6 Å². The first-order chi connectivity index (χ1) is 9.29. The fourth-order valence-corrected chi connectivity index (χ4v) is 3.45. The molecule has 1 aromatic heterocycles. The number of ether oxygens (including phenoxy) is 1. The number of hydrogen-bond acceptors (Lipinski definition) is 4. The van der Waals surface area contributed by atoms with Gasteiger partial charge in [-0.25, -0.2) is 4.98 Å². The van der Waals surface area contributed by atoms with Crippen LogP contribution in [0.1, 0.15) is 42.1 Å². The van der Waals surface area contributed by atoms with Crippen LogP contribution in [0.4, 0.5) is 0 Å². The smallest absolute Gasteiger partial charge is 0.123 e.